The number of fused-ring (bicyclic) bond motifs is 1. The van der Waals surface area contributed by atoms with Gasteiger partial charge in [0.2, 0.25) is 0 Å². The van der Waals surface area contributed by atoms with Gasteiger partial charge in [-0.2, -0.15) is 0 Å². The second kappa shape index (κ2) is 6.00. The van der Waals surface area contributed by atoms with Gasteiger partial charge in [-0.05, 0) is 31.9 Å². The standard InChI is InChI=1S/C16H17ClN2O2/c1-10-8-11(6-7-21-10)18-16(20)15-9-13(17)12-4-2-3-5-14(12)19-15/h2-5,9-11H,6-8H2,1H3,(H,18,20). The van der Waals surface area contributed by atoms with Gasteiger partial charge in [-0.1, -0.05) is 29.8 Å². The lowest BCUT2D eigenvalue weighted by molar-refractivity contribution is 0.0136. The molecule has 110 valence electrons. The molecule has 1 aromatic heterocycles. The van der Waals surface area contributed by atoms with Crippen LogP contribution in [0.2, 0.25) is 5.02 Å². The summed E-state index contributed by atoms with van der Waals surface area (Å²) in [4.78, 5) is 16.7. The molecule has 4 nitrogen and oxygen atoms in total. The van der Waals surface area contributed by atoms with Crippen LogP contribution in [-0.2, 0) is 4.74 Å². The number of nitrogens with zero attached hydrogens (tertiary/aromatic N) is 1. The summed E-state index contributed by atoms with van der Waals surface area (Å²) in [5.74, 6) is -0.179. The molecular weight excluding hydrogens is 288 g/mol. The number of amides is 1. The molecule has 1 fully saturated rings. The van der Waals surface area contributed by atoms with Gasteiger partial charge in [-0.25, -0.2) is 4.98 Å². The molecule has 1 aliphatic rings. The van der Waals surface area contributed by atoms with E-state index in [0.29, 0.717) is 17.3 Å². The number of ether oxygens (including phenoxy) is 1. The van der Waals surface area contributed by atoms with Crippen LogP contribution in [0.1, 0.15) is 30.3 Å². The maximum absolute atomic E-state index is 12.3. The first-order valence-corrected chi connectivity index (χ1v) is 7.49. The van der Waals surface area contributed by atoms with Gasteiger partial charge in [-0.15, -0.1) is 0 Å². The van der Waals surface area contributed by atoms with Gasteiger partial charge in [-0.3, -0.25) is 4.79 Å². The third-order valence-electron chi connectivity index (χ3n) is 3.72. The monoisotopic (exact) mass is 304 g/mol. The number of aromatic nitrogens is 1. The van der Waals surface area contributed by atoms with E-state index in [4.69, 9.17) is 16.3 Å². The molecule has 21 heavy (non-hydrogen) atoms. The third kappa shape index (κ3) is 3.17. The highest BCUT2D eigenvalue weighted by Crippen LogP contribution is 2.23. The second-order valence-electron chi connectivity index (χ2n) is 5.38. The zero-order chi connectivity index (χ0) is 14.8. The van der Waals surface area contributed by atoms with E-state index in [1.807, 2.05) is 31.2 Å². The molecule has 1 amide bonds. The van der Waals surface area contributed by atoms with Crippen LogP contribution in [0.5, 0.6) is 0 Å². The maximum atomic E-state index is 12.3. The zero-order valence-electron chi connectivity index (χ0n) is 11.8. The van der Waals surface area contributed by atoms with E-state index in [2.05, 4.69) is 10.3 Å². The Balaban J connectivity index is 1.81. The van der Waals surface area contributed by atoms with Crippen LogP contribution < -0.4 is 5.32 Å². The molecule has 0 spiro atoms. The van der Waals surface area contributed by atoms with Crippen LogP contribution in [0.3, 0.4) is 0 Å². The molecule has 2 aromatic rings. The number of carbonyl (C=O) groups excluding carboxylic acids is 1. The Morgan fingerprint density at radius 2 is 2.24 bits per heavy atom. The van der Waals surface area contributed by atoms with Crippen molar-refractivity contribution in [2.45, 2.75) is 31.9 Å². The van der Waals surface area contributed by atoms with Crippen molar-refractivity contribution in [2.75, 3.05) is 6.61 Å². The summed E-state index contributed by atoms with van der Waals surface area (Å²) >= 11 is 6.23. The lowest BCUT2D eigenvalue weighted by atomic mass is 10.0. The summed E-state index contributed by atoms with van der Waals surface area (Å²) in [7, 11) is 0. The number of halogens is 1. The van der Waals surface area contributed by atoms with Crippen LogP contribution in [0, 0.1) is 0 Å². The van der Waals surface area contributed by atoms with Gasteiger partial charge in [0.15, 0.2) is 0 Å². The summed E-state index contributed by atoms with van der Waals surface area (Å²) in [6.07, 6.45) is 1.84. The van der Waals surface area contributed by atoms with Crippen LogP contribution >= 0.6 is 11.6 Å². The summed E-state index contributed by atoms with van der Waals surface area (Å²) < 4.78 is 5.48. The van der Waals surface area contributed by atoms with Crippen molar-refractivity contribution in [3.8, 4) is 0 Å². The molecule has 0 radical (unpaired) electrons. The van der Waals surface area contributed by atoms with E-state index in [1.165, 1.54) is 0 Å². The van der Waals surface area contributed by atoms with E-state index < -0.39 is 0 Å². The summed E-state index contributed by atoms with van der Waals surface area (Å²) in [6.45, 7) is 2.70. The predicted octanol–water partition coefficient (Wildman–Crippen LogP) is 3.19. The molecule has 2 unspecified atom stereocenters. The highest BCUT2D eigenvalue weighted by Gasteiger charge is 2.22. The largest absolute Gasteiger partial charge is 0.378 e. The molecule has 0 bridgehead atoms. The number of nitrogens with one attached hydrogen (secondary N) is 1. The Hall–Kier alpha value is -1.65. The van der Waals surface area contributed by atoms with E-state index in [1.54, 1.807) is 6.07 Å². The molecule has 1 N–H and O–H groups in total. The molecular formula is C16H17ClN2O2. The van der Waals surface area contributed by atoms with Gasteiger partial charge >= 0.3 is 0 Å². The van der Waals surface area contributed by atoms with Gasteiger partial charge < -0.3 is 10.1 Å². The quantitative estimate of drug-likeness (QED) is 0.927. The molecule has 0 aliphatic carbocycles. The average molecular weight is 305 g/mol. The van der Waals surface area contributed by atoms with E-state index in [0.717, 1.165) is 23.7 Å². The molecule has 3 rings (SSSR count). The van der Waals surface area contributed by atoms with Gasteiger partial charge in [0.25, 0.3) is 5.91 Å². The number of pyridine rings is 1. The number of carbonyl (C=O) groups is 1. The lowest BCUT2D eigenvalue weighted by Gasteiger charge is -2.27. The fourth-order valence-electron chi connectivity index (χ4n) is 2.64. The highest BCUT2D eigenvalue weighted by atomic mass is 35.5. The van der Waals surface area contributed by atoms with Crippen LogP contribution in [0.4, 0.5) is 0 Å². The van der Waals surface area contributed by atoms with E-state index in [-0.39, 0.29) is 18.1 Å². The fraction of sp³-hybridized carbons (Fsp3) is 0.375. The number of hydrogen-bond donors (Lipinski definition) is 1. The smallest absolute Gasteiger partial charge is 0.270 e. The predicted molar refractivity (Wildman–Crippen MR) is 82.7 cm³/mol. The van der Waals surface area contributed by atoms with Gasteiger partial charge in [0.1, 0.15) is 5.69 Å². The lowest BCUT2D eigenvalue weighted by Crippen LogP contribution is -2.41. The molecule has 1 aliphatic heterocycles. The Morgan fingerprint density at radius 1 is 1.43 bits per heavy atom. The fourth-order valence-corrected chi connectivity index (χ4v) is 2.90. The summed E-state index contributed by atoms with van der Waals surface area (Å²) in [6, 6.07) is 9.29. The summed E-state index contributed by atoms with van der Waals surface area (Å²) in [5, 5.41) is 4.42. The molecule has 5 heteroatoms. The normalized spacial score (nSPS) is 22.2. The van der Waals surface area contributed by atoms with Gasteiger partial charge in [0.05, 0.1) is 16.6 Å². The molecule has 0 saturated carbocycles. The Bertz CT molecular complexity index is 674. The van der Waals surface area contributed by atoms with Crippen molar-refractivity contribution in [1.82, 2.24) is 10.3 Å². The van der Waals surface area contributed by atoms with E-state index >= 15 is 0 Å². The molecule has 1 aromatic carbocycles. The minimum absolute atomic E-state index is 0.133. The highest BCUT2D eigenvalue weighted by molar-refractivity contribution is 6.35. The zero-order valence-corrected chi connectivity index (χ0v) is 12.6. The minimum Gasteiger partial charge on any atom is -0.378 e. The Morgan fingerprint density at radius 3 is 3.05 bits per heavy atom. The first-order valence-electron chi connectivity index (χ1n) is 7.11. The van der Waals surface area contributed by atoms with Crippen LogP contribution in [0.25, 0.3) is 10.9 Å². The molecule has 2 atom stereocenters. The topological polar surface area (TPSA) is 51.2 Å². The number of benzene rings is 1. The van der Waals surface area contributed by atoms with Crippen LogP contribution in [0.15, 0.2) is 30.3 Å². The number of hydrogen-bond acceptors (Lipinski definition) is 3. The third-order valence-corrected chi connectivity index (χ3v) is 4.03. The van der Waals surface area contributed by atoms with Crippen molar-refractivity contribution in [3.05, 3.63) is 41.0 Å². The second-order valence-corrected chi connectivity index (χ2v) is 5.79. The minimum atomic E-state index is -0.179. The van der Waals surface area contributed by atoms with Crippen LogP contribution in [-0.4, -0.2) is 29.6 Å². The average Bonchev–Trinajstić information content (AvgIpc) is 2.47. The Kier molecular flexibility index (Phi) is 4.08. The summed E-state index contributed by atoms with van der Waals surface area (Å²) in [5.41, 5.74) is 1.09. The number of rotatable bonds is 2. The first kappa shape index (κ1) is 14.3. The first-order chi connectivity index (χ1) is 10.1. The van der Waals surface area contributed by atoms with Crippen molar-refractivity contribution < 1.29 is 9.53 Å². The maximum Gasteiger partial charge on any atom is 0.270 e. The molecule has 2 heterocycles. The van der Waals surface area contributed by atoms with Crippen molar-refractivity contribution in [3.63, 3.8) is 0 Å². The molecule has 1 saturated heterocycles. The van der Waals surface area contributed by atoms with E-state index in [9.17, 15) is 4.79 Å². The van der Waals surface area contributed by atoms with Gasteiger partial charge in [0, 0.05) is 18.0 Å². The van der Waals surface area contributed by atoms with Crippen molar-refractivity contribution >= 4 is 28.4 Å². The SMILES string of the molecule is CC1CC(NC(=O)c2cc(Cl)c3ccccc3n2)CCO1. The number of para-hydroxylation sites is 1. The van der Waals surface area contributed by atoms with Crippen molar-refractivity contribution in [2.24, 2.45) is 0 Å². The Labute approximate surface area is 128 Å². The van der Waals surface area contributed by atoms with Crippen molar-refractivity contribution in [1.29, 1.82) is 0 Å².